The Hall–Kier alpha value is -3.45. The number of pyridine rings is 1. The Labute approximate surface area is 200 Å². The van der Waals surface area contributed by atoms with Gasteiger partial charge in [0.05, 0.1) is 36.6 Å². The van der Waals surface area contributed by atoms with Crippen molar-refractivity contribution in [3.05, 3.63) is 88.5 Å². The summed E-state index contributed by atoms with van der Waals surface area (Å²) in [5, 5.41) is 6.26. The summed E-state index contributed by atoms with van der Waals surface area (Å²) in [6.45, 7) is 7.34. The molecule has 1 aliphatic rings. The van der Waals surface area contributed by atoms with Crippen molar-refractivity contribution in [1.82, 2.24) is 20.2 Å². The van der Waals surface area contributed by atoms with E-state index in [0.717, 1.165) is 35.4 Å². The lowest BCUT2D eigenvalue weighted by atomic mass is 10.0. The fraction of sp³-hybridized carbons (Fsp3) is 0.370. The molecule has 2 amide bonds. The Morgan fingerprint density at radius 1 is 1.00 bits per heavy atom. The first-order valence-electron chi connectivity index (χ1n) is 11.9. The minimum absolute atomic E-state index is 0.107. The maximum atomic E-state index is 13.3. The number of amides is 2. The fourth-order valence-corrected chi connectivity index (χ4v) is 4.39. The fourth-order valence-electron chi connectivity index (χ4n) is 4.39. The van der Waals surface area contributed by atoms with Crippen molar-refractivity contribution in [2.24, 2.45) is 0 Å². The van der Waals surface area contributed by atoms with Crippen molar-refractivity contribution < 1.29 is 14.3 Å². The Balaban J connectivity index is 1.58. The molecule has 1 aromatic carbocycles. The monoisotopic (exact) mass is 460 g/mol. The molecule has 0 saturated heterocycles. The summed E-state index contributed by atoms with van der Waals surface area (Å²) in [5.41, 5.74) is 4.66. The second-order valence-corrected chi connectivity index (χ2v) is 8.61. The number of fused-ring (bicyclic) bond motifs is 1. The van der Waals surface area contributed by atoms with Crippen LogP contribution in [0.15, 0.2) is 54.7 Å². The second kappa shape index (κ2) is 10.7. The number of nitrogens with zero attached hydrogens (tertiary/aromatic N) is 2. The van der Waals surface area contributed by atoms with Crippen LogP contribution in [0.5, 0.6) is 0 Å². The molecule has 3 heterocycles. The van der Waals surface area contributed by atoms with Gasteiger partial charge in [0, 0.05) is 18.4 Å². The molecule has 2 N–H and O–H groups in total. The quantitative estimate of drug-likeness (QED) is 0.519. The third-order valence-corrected chi connectivity index (χ3v) is 6.35. The van der Waals surface area contributed by atoms with Crippen LogP contribution in [-0.2, 0) is 17.9 Å². The van der Waals surface area contributed by atoms with Crippen molar-refractivity contribution in [3.63, 3.8) is 0 Å². The predicted octanol–water partition coefficient (Wildman–Crippen LogP) is 4.48. The van der Waals surface area contributed by atoms with Gasteiger partial charge in [0.2, 0.25) is 0 Å². The van der Waals surface area contributed by atoms with Crippen molar-refractivity contribution in [2.75, 3.05) is 6.61 Å². The molecule has 0 aliphatic carbocycles. The van der Waals surface area contributed by atoms with E-state index in [4.69, 9.17) is 4.74 Å². The van der Waals surface area contributed by atoms with Gasteiger partial charge < -0.3 is 19.9 Å². The van der Waals surface area contributed by atoms with Gasteiger partial charge in [0.1, 0.15) is 5.69 Å². The molecule has 7 heteroatoms. The number of hydrogen-bond donors (Lipinski definition) is 2. The van der Waals surface area contributed by atoms with E-state index in [9.17, 15) is 9.59 Å². The lowest BCUT2D eigenvalue weighted by Gasteiger charge is -2.22. The maximum Gasteiger partial charge on any atom is 0.268 e. The molecule has 0 spiro atoms. The predicted molar refractivity (Wildman–Crippen MR) is 131 cm³/mol. The van der Waals surface area contributed by atoms with Crippen molar-refractivity contribution in [2.45, 2.75) is 58.8 Å². The average Bonchev–Trinajstić information content (AvgIpc) is 3.27. The number of benzene rings is 1. The average molecular weight is 461 g/mol. The molecule has 34 heavy (non-hydrogen) atoms. The van der Waals surface area contributed by atoms with Gasteiger partial charge in [-0.1, -0.05) is 50.2 Å². The Kier molecular flexibility index (Phi) is 7.43. The van der Waals surface area contributed by atoms with Gasteiger partial charge >= 0.3 is 0 Å². The number of nitrogens with one attached hydrogen (secondary N) is 2. The van der Waals surface area contributed by atoms with Crippen LogP contribution in [0.4, 0.5) is 0 Å². The van der Waals surface area contributed by atoms with E-state index in [-0.39, 0.29) is 23.9 Å². The summed E-state index contributed by atoms with van der Waals surface area (Å²) in [4.78, 5) is 31.0. The molecule has 2 atom stereocenters. The Morgan fingerprint density at radius 3 is 2.38 bits per heavy atom. The highest BCUT2D eigenvalue weighted by atomic mass is 16.5. The van der Waals surface area contributed by atoms with Gasteiger partial charge in [-0.3, -0.25) is 14.6 Å². The molecule has 178 valence electrons. The highest BCUT2D eigenvalue weighted by molar-refractivity contribution is 6.01. The summed E-state index contributed by atoms with van der Waals surface area (Å²) < 4.78 is 7.55. The molecule has 0 fully saturated rings. The van der Waals surface area contributed by atoms with Gasteiger partial charge in [-0.2, -0.15) is 0 Å². The minimum atomic E-state index is -0.204. The van der Waals surface area contributed by atoms with Crippen LogP contribution in [0.1, 0.15) is 82.1 Å². The summed E-state index contributed by atoms with van der Waals surface area (Å²) >= 11 is 0. The number of aromatic nitrogens is 2. The van der Waals surface area contributed by atoms with Crippen molar-refractivity contribution in [3.8, 4) is 0 Å². The number of carbonyl (C=O) groups is 2. The van der Waals surface area contributed by atoms with E-state index in [2.05, 4.69) is 15.6 Å². The highest BCUT2D eigenvalue weighted by Gasteiger charge is 2.28. The van der Waals surface area contributed by atoms with Crippen molar-refractivity contribution >= 4 is 11.8 Å². The van der Waals surface area contributed by atoms with Crippen LogP contribution in [0, 0.1) is 6.92 Å². The molecular formula is C27H32N4O3. The topological polar surface area (TPSA) is 85.2 Å². The molecule has 0 bridgehead atoms. The minimum Gasteiger partial charge on any atom is -0.373 e. The molecular weight excluding hydrogens is 428 g/mol. The van der Waals surface area contributed by atoms with Crippen LogP contribution in [0.2, 0.25) is 0 Å². The van der Waals surface area contributed by atoms with Crippen molar-refractivity contribution in [1.29, 1.82) is 0 Å². The zero-order valence-corrected chi connectivity index (χ0v) is 20.0. The Morgan fingerprint density at radius 2 is 1.71 bits per heavy atom. The van der Waals surface area contributed by atoms with Gasteiger partial charge in [-0.05, 0) is 43.0 Å². The summed E-state index contributed by atoms with van der Waals surface area (Å²) in [5.74, 6) is -0.400. The second-order valence-electron chi connectivity index (χ2n) is 8.61. The van der Waals surface area contributed by atoms with E-state index in [1.807, 2.05) is 67.8 Å². The number of hydrogen-bond acceptors (Lipinski definition) is 4. The van der Waals surface area contributed by atoms with Crippen LogP contribution >= 0.6 is 0 Å². The number of ether oxygens (including phenoxy) is 1. The standard InChI is InChI=1S/C27H32N4O3/c1-4-22(19-9-7-6-8-10-19)29-26(32)21-15-24(31-13-14-34-17-25(21)31)27(33)30-23(5-2)20-12-11-18(3)28-16-20/h6-12,15-16,22-23H,4-5,13-14,17H2,1-3H3,(H,29,32)(H,30,33)/t22-,23?/m1/s1. The summed E-state index contributed by atoms with van der Waals surface area (Å²) in [6, 6.07) is 15.3. The number of aryl methyl sites for hydroxylation is 1. The third-order valence-electron chi connectivity index (χ3n) is 6.35. The van der Waals surface area contributed by atoms with E-state index in [1.54, 1.807) is 12.3 Å². The SMILES string of the molecule is CCC(NC(=O)c1cc(C(=O)N[C@H](CC)c2ccccc2)c2n1CCOC2)c1ccc(C)nc1. The molecule has 1 unspecified atom stereocenters. The molecule has 2 aromatic heterocycles. The molecule has 7 nitrogen and oxygen atoms in total. The summed E-state index contributed by atoms with van der Waals surface area (Å²) in [6.07, 6.45) is 3.30. The Bertz CT molecular complexity index is 1140. The highest BCUT2D eigenvalue weighted by Crippen LogP contribution is 2.24. The van der Waals surface area contributed by atoms with Crippen LogP contribution < -0.4 is 10.6 Å². The smallest absolute Gasteiger partial charge is 0.268 e. The molecule has 0 radical (unpaired) electrons. The first kappa shape index (κ1) is 23.7. The van der Waals surface area contributed by atoms with E-state index < -0.39 is 0 Å². The van der Waals surface area contributed by atoms with Crippen LogP contribution in [0.3, 0.4) is 0 Å². The lowest BCUT2D eigenvalue weighted by molar-refractivity contribution is 0.0773. The molecule has 3 aromatic rings. The normalized spacial score (nSPS) is 14.7. The first-order chi connectivity index (χ1) is 16.5. The first-order valence-corrected chi connectivity index (χ1v) is 11.9. The largest absolute Gasteiger partial charge is 0.373 e. The summed E-state index contributed by atoms with van der Waals surface area (Å²) in [7, 11) is 0. The zero-order chi connectivity index (χ0) is 24.1. The van der Waals surface area contributed by atoms with Gasteiger partial charge in [-0.15, -0.1) is 0 Å². The zero-order valence-electron chi connectivity index (χ0n) is 20.0. The van der Waals surface area contributed by atoms with Crippen LogP contribution in [-0.4, -0.2) is 28.0 Å². The van der Waals surface area contributed by atoms with Gasteiger partial charge in [0.15, 0.2) is 0 Å². The molecule has 4 rings (SSSR count). The molecule has 0 saturated carbocycles. The van der Waals surface area contributed by atoms with E-state index in [0.29, 0.717) is 31.0 Å². The van der Waals surface area contributed by atoms with Gasteiger partial charge in [-0.25, -0.2) is 0 Å². The lowest BCUT2D eigenvalue weighted by Crippen LogP contribution is -2.31. The van der Waals surface area contributed by atoms with E-state index >= 15 is 0 Å². The number of carbonyl (C=O) groups excluding carboxylic acids is 2. The number of rotatable bonds is 8. The third kappa shape index (κ3) is 5.04. The van der Waals surface area contributed by atoms with Crippen LogP contribution in [0.25, 0.3) is 0 Å². The van der Waals surface area contributed by atoms with Gasteiger partial charge in [0.25, 0.3) is 11.8 Å². The molecule has 1 aliphatic heterocycles. The van der Waals surface area contributed by atoms with E-state index in [1.165, 1.54) is 0 Å². The maximum absolute atomic E-state index is 13.3.